The van der Waals surface area contributed by atoms with Crippen molar-refractivity contribution in [1.82, 2.24) is 0 Å². The van der Waals surface area contributed by atoms with E-state index in [0.29, 0.717) is 5.92 Å². The molecule has 0 aromatic heterocycles. The zero-order valence-corrected chi connectivity index (χ0v) is 13.2. The third-order valence-electron chi connectivity index (χ3n) is 3.11. The van der Waals surface area contributed by atoms with Gasteiger partial charge in [0.2, 0.25) is 0 Å². The maximum Gasteiger partial charge on any atom is 0.131 e. The fourth-order valence-electron chi connectivity index (χ4n) is 1.98. The molecule has 0 heterocycles. The second-order valence-electron chi connectivity index (χ2n) is 5.07. The summed E-state index contributed by atoms with van der Waals surface area (Å²) in [5, 5.41) is 0.799. The molecule has 0 aliphatic heterocycles. The first-order chi connectivity index (χ1) is 9.10. The van der Waals surface area contributed by atoms with E-state index in [0.717, 1.165) is 16.8 Å². The van der Waals surface area contributed by atoms with E-state index in [1.165, 1.54) is 16.7 Å². The number of alkyl halides is 1. The monoisotopic (exact) mass is 318 g/mol. The summed E-state index contributed by atoms with van der Waals surface area (Å²) >= 11 is 3.51. The summed E-state index contributed by atoms with van der Waals surface area (Å²) in [6.07, 6.45) is 0. The fraction of sp³-hybridized carbons (Fsp3) is 0.294. The van der Waals surface area contributed by atoms with Gasteiger partial charge in [0, 0.05) is 10.9 Å². The van der Waals surface area contributed by atoms with Gasteiger partial charge in [-0.25, -0.2) is 0 Å². The van der Waals surface area contributed by atoms with Crippen molar-refractivity contribution in [3.8, 4) is 11.5 Å². The van der Waals surface area contributed by atoms with Gasteiger partial charge in [0.15, 0.2) is 0 Å². The van der Waals surface area contributed by atoms with Gasteiger partial charge >= 0.3 is 0 Å². The molecule has 0 aliphatic carbocycles. The van der Waals surface area contributed by atoms with E-state index in [2.05, 4.69) is 61.0 Å². The quantitative estimate of drug-likeness (QED) is 0.647. The van der Waals surface area contributed by atoms with Crippen molar-refractivity contribution in [1.29, 1.82) is 0 Å². The molecule has 0 saturated heterocycles. The van der Waals surface area contributed by atoms with Crippen molar-refractivity contribution in [3.63, 3.8) is 0 Å². The molecule has 100 valence electrons. The third-order valence-corrected chi connectivity index (χ3v) is 3.72. The molecule has 0 fully saturated rings. The minimum Gasteiger partial charge on any atom is -0.457 e. The molecule has 0 bridgehead atoms. The van der Waals surface area contributed by atoms with Crippen LogP contribution >= 0.6 is 15.9 Å². The predicted molar refractivity (Wildman–Crippen MR) is 84.4 cm³/mol. The van der Waals surface area contributed by atoms with E-state index in [1.54, 1.807) is 0 Å². The molecule has 0 spiro atoms. The molecular formula is C17H19BrO. The van der Waals surface area contributed by atoms with Gasteiger partial charge in [0.05, 0.1) is 0 Å². The van der Waals surface area contributed by atoms with Crippen LogP contribution in [-0.4, -0.2) is 0 Å². The summed E-state index contributed by atoms with van der Waals surface area (Å²) in [5.74, 6) is 2.33. The molecule has 0 unspecified atom stereocenters. The lowest BCUT2D eigenvalue weighted by molar-refractivity contribution is 0.477. The number of aryl methyl sites for hydroxylation is 1. The largest absolute Gasteiger partial charge is 0.457 e. The summed E-state index contributed by atoms with van der Waals surface area (Å²) in [7, 11) is 0. The van der Waals surface area contributed by atoms with Crippen LogP contribution in [0, 0.1) is 6.92 Å². The number of benzene rings is 2. The maximum atomic E-state index is 6.02. The molecule has 0 atom stereocenters. The zero-order valence-electron chi connectivity index (χ0n) is 11.6. The lowest BCUT2D eigenvalue weighted by Gasteiger charge is -2.12. The van der Waals surface area contributed by atoms with E-state index in [9.17, 15) is 0 Å². The molecule has 1 nitrogen and oxygen atoms in total. The molecule has 0 amide bonds. The van der Waals surface area contributed by atoms with Gasteiger partial charge in [-0.15, -0.1) is 0 Å². The molecule has 0 saturated carbocycles. The van der Waals surface area contributed by atoms with E-state index in [-0.39, 0.29) is 0 Å². The van der Waals surface area contributed by atoms with Crippen LogP contribution in [0.25, 0.3) is 0 Å². The molecule has 19 heavy (non-hydrogen) atoms. The Kier molecular flexibility index (Phi) is 4.65. The highest BCUT2D eigenvalue weighted by Crippen LogP contribution is 2.29. The lowest BCUT2D eigenvalue weighted by atomic mass is 10.0. The number of hydrogen-bond acceptors (Lipinski definition) is 1. The summed E-state index contributed by atoms with van der Waals surface area (Å²) in [4.78, 5) is 0. The highest BCUT2D eigenvalue weighted by molar-refractivity contribution is 9.08. The Morgan fingerprint density at radius 2 is 1.89 bits per heavy atom. The molecular weight excluding hydrogens is 300 g/mol. The summed E-state index contributed by atoms with van der Waals surface area (Å²) in [6.45, 7) is 6.47. The smallest absolute Gasteiger partial charge is 0.131 e. The van der Waals surface area contributed by atoms with Crippen molar-refractivity contribution in [2.75, 3.05) is 0 Å². The predicted octanol–water partition coefficient (Wildman–Crippen LogP) is 5.81. The third kappa shape index (κ3) is 3.60. The second kappa shape index (κ2) is 6.25. The second-order valence-corrected chi connectivity index (χ2v) is 5.63. The first-order valence-electron chi connectivity index (χ1n) is 6.53. The number of ether oxygens (including phenoxy) is 1. The van der Waals surface area contributed by atoms with Crippen molar-refractivity contribution in [3.05, 3.63) is 59.2 Å². The number of rotatable bonds is 4. The standard InChI is InChI=1S/C17H19BrO/c1-12(2)14-5-4-6-16(10-14)19-17-8-7-13(3)9-15(17)11-18/h4-10,12H,11H2,1-3H3. The summed E-state index contributed by atoms with van der Waals surface area (Å²) in [6, 6.07) is 14.6. The van der Waals surface area contributed by atoms with E-state index >= 15 is 0 Å². The van der Waals surface area contributed by atoms with Crippen LogP contribution in [0.2, 0.25) is 0 Å². The molecule has 0 radical (unpaired) electrons. The van der Waals surface area contributed by atoms with E-state index < -0.39 is 0 Å². The number of hydrogen-bond donors (Lipinski definition) is 0. The first kappa shape index (κ1) is 14.1. The Labute approximate surface area is 123 Å². The van der Waals surface area contributed by atoms with Gasteiger partial charge < -0.3 is 4.74 Å². The molecule has 2 heteroatoms. The Balaban J connectivity index is 2.28. The van der Waals surface area contributed by atoms with Gasteiger partial charge in [0.25, 0.3) is 0 Å². The lowest BCUT2D eigenvalue weighted by Crippen LogP contribution is -1.92. The van der Waals surface area contributed by atoms with Crippen LogP contribution in [0.5, 0.6) is 11.5 Å². The van der Waals surface area contributed by atoms with Gasteiger partial charge in [0.1, 0.15) is 11.5 Å². The summed E-state index contributed by atoms with van der Waals surface area (Å²) in [5.41, 5.74) is 3.72. The molecule has 2 aromatic carbocycles. The molecule has 2 rings (SSSR count). The van der Waals surface area contributed by atoms with Crippen molar-refractivity contribution < 1.29 is 4.74 Å². The van der Waals surface area contributed by atoms with Crippen LogP contribution < -0.4 is 4.74 Å². The Morgan fingerprint density at radius 1 is 1.11 bits per heavy atom. The minimum atomic E-state index is 0.511. The average molecular weight is 319 g/mol. The Hall–Kier alpha value is -1.28. The summed E-state index contributed by atoms with van der Waals surface area (Å²) < 4.78 is 6.02. The highest BCUT2D eigenvalue weighted by Gasteiger charge is 2.06. The van der Waals surface area contributed by atoms with Gasteiger partial charge in [-0.2, -0.15) is 0 Å². The van der Waals surface area contributed by atoms with Gasteiger partial charge in [-0.1, -0.05) is 59.6 Å². The minimum absolute atomic E-state index is 0.511. The van der Waals surface area contributed by atoms with Crippen LogP contribution in [0.4, 0.5) is 0 Å². The topological polar surface area (TPSA) is 9.23 Å². The van der Waals surface area contributed by atoms with Crippen molar-refractivity contribution in [2.45, 2.75) is 32.0 Å². The Morgan fingerprint density at radius 3 is 2.58 bits per heavy atom. The number of halogens is 1. The maximum absolute atomic E-state index is 6.02. The highest BCUT2D eigenvalue weighted by atomic mass is 79.9. The first-order valence-corrected chi connectivity index (χ1v) is 7.65. The van der Waals surface area contributed by atoms with Crippen LogP contribution in [0.15, 0.2) is 42.5 Å². The van der Waals surface area contributed by atoms with Crippen molar-refractivity contribution >= 4 is 15.9 Å². The SMILES string of the molecule is Cc1ccc(Oc2cccc(C(C)C)c2)c(CBr)c1. The van der Waals surface area contributed by atoms with Crippen molar-refractivity contribution in [2.24, 2.45) is 0 Å². The van der Waals surface area contributed by atoms with Crippen LogP contribution in [-0.2, 0) is 5.33 Å². The molecule has 2 aromatic rings. The molecule has 0 N–H and O–H groups in total. The average Bonchev–Trinajstić information content (AvgIpc) is 2.41. The Bertz CT molecular complexity index is 561. The van der Waals surface area contributed by atoms with Gasteiger partial charge in [-0.3, -0.25) is 0 Å². The van der Waals surface area contributed by atoms with Crippen LogP contribution in [0.1, 0.15) is 36.5 Å². The van der Waals surface area contributed by atoms with E-state index in [1.807, 2.05) is 18.2 Å². The van der Waals surface area contributed by atoms with Crippen LogP contribution in [0.3, 0.4) is 0 Å². The van der Waals surface area contributed by atoms with E-state index in [4.69, 9.17) is 4.74 Å². The van der Waals surface area contributed by atoms with Gasteiger partial charge in [-0.05, 0) is 36.6 Å². The zero-order chi connectivity index (χ0) is 13.8. The molecule has 0 aliphatic rings. The fourth-order valence-corrected chi connectivity index (χ4v) is 2.41. The normalized spacial score (nSPS) is 10.8.